The van der Waals surface area contributed by atoms with E-state index >= 15 is 0 Å². The number of hydrogen-bond acceptors (Lipinski definition) is 3. The summed E-state index contributed by atoms with van der Waals surface area (Å²) in [7, 11) is 1.57. The molecule has 0 radical (unpaired) electrons. The van der Waals surface area contributed by atoms with Crippen molar-refractivity contribution in [2.24, 2.45) is 0 Å². The Hall–Kier alpha value is -1.22. The lowest BCUT2D eigenvalue weighted by molar-refractivity contribution is -0.121. The first-order valence-corrected chi connectivity index (χ1v) is 11.9. The monoisotopic (exact) mass is 590 g/mol. The Morgan fingerprint density at radius 2 is 1.24 bits per heavy atom. The summed E-state index contributed by atoms with van der Waals surface area (Å²) < 4.78 is 4.87. The molecule has 0 spiro atoms. The third-order valence-electron chi connectivity index (χ3n) is 3.64. The molecule has 0 aliphatic rings. The number of alkyl halides is 3. The van der Waals surface area contributed by atoms with E-state index < -0.39 is 0 Å². The van der Waals surface area contributed by atoms with E-state index in [2.05, 4.69) is 58.4 Å². The Labute approximate surface area is 197 Å². The molecular weight excluding hydrogens is 568 g/mol. The van der Waals surface area contributed by atoms with E-state index in [1.807, 2.05) is 60.7 Å². The Balaban J connectivity index is 0.000000291. The molecule has 5 nitrogen and oxygen atoms in total. The zero-order chi connectivity index (χ0) is 21.5. The molecule has 29 heavy (non-hydrogen) atoms. The summed E-state index contributed by atoms with van der Waals surface area (Å²) in [6.07, 6.45) is 0. The van der Waals surface area contributed by atoms with E-state index in [-0.39, 0.29) is 21.5 Å². The third-order valence-corrected chi connectivity index (χ3v) is 6.57. The van der Waals surface area contributed by atoms with Crippen LogP contribution in [-0.2, 0) is 27.4 Å². The van der Waals surface area contributed by atoms with Crippen molar-refractivity contribution in [3.63, 3.8) is 0 Å². The smallest absolute Gasteiger partial charge is 0.236 e. The molecule has 2 atom stereocenters. The average molecular weight is 593 g/mol. The number of halogens is 3. The van der Waals surface area contributed by atoms with Gasteiger partial charge in [-0.2, -0.15) is 0 Å². The largest absolute Gasteiger partial charge is 0.383 e. The molecule has 0 fully saturated rings. The SMILES string of the molecule is COCC(Br)C(=O)NCc1ccccc1.O=C(NCc1ccccc1)C(Br)CBr. The number of rotatable bonds is 9. The molecule has 0 aromatic heterocycles. The molecule has 0 aliphatic heterocycles. The summed E-state index contributed by atoms with van der Waals surface area (Å²) in [5.74, 6) is -0.0496. The number of nitrogens with one attached hydrogen (secondary N) is 2. The van der Waals surface area contributed by atoms with Gasteiger partial charge in [0.25, 0.3) is 0 Å². The highest BCUT2D eigenvalue weighted by Gasteiger charge is 2.13. The van der Waals surface area contributed by atoms with Crippen LogP contribution < -0.4 is 10.6 Å². The zero-order valence-electron chi connectivity index (χ0n) is 16.1. The Morgan fingerprint density at radius 1 is 0.828 bits per heavy atom. The highest BCUT2D eigenvalue weighted by atomic mass is 79.9. The first kappa shape index (κ1) is 25.8. The first-order chi connectivity index (χ1) is 14.0. The Morgan fingerprint density at radius 3 is 1.62 bits per heavy atom. The Bertz CT molecular complexity index is 718. The number of carbonyl (C=O) groups is 2. The van der Waals surface area contributed by atoms with Gasteiger partial charge < -0.3 is 15.4 Å². The molecule has 0 saturated carbocycles. The summed E-state index contributed by atoms with van der Waals surface area (Å²) in [4.78, 5) is 22.4. The maximum absolute atomic E-state index is 11.5. The van der Waals surface area contributed by atoms with Gasteiger partial charge in [0.05, 0.1) is 6.61 Å². The van der Waals surface area contributed by atoms with Crippen molar-refractivity contribution in [1.29, 1.82) is 0 Å². The van der Waals surface area contributed by atoms with Crippen LogP contribution in [0.5, 0.6) is 0 Å². The van der Waals surface area contributed by atoms with Crippen molar-refractivity contribution in [2.75, 3.05) is 19.0 Å². The molecule has 2 amide bonds. The average Bonchev–Trinajstić information content (AvgIpc) is 2.77. The maximum Gasteiger partial charge on any atom is 0.236 e. The second-order valence-electron chi connectivity index (χ2n) is 5.95. The normalized spacial score (nSPS) is 12.1. The molecule has 8 heteroatoms. The lowest BCUT2D eigenvalue weighted by atomic mass is 10.2. The van der Waals surface area contributed by atoms with Gasteiger partial charge in [-0.3, -0.25) is 9.59 Å². The number of methoxy groups -OCH3 is 1. The van der Waals surface area contributed by atoms with Gasteiger partial charge in [0, 0.05) is 25.5 Å². The molecule has 2 rings (SSSR count). The van der Waals surface area contributed by atoms with E-state index in [1.54, 1.807) is 7.11 Å². The van der Waals surface area contributed by atoms with Crippen LogP contribution in [0.25, 0.3) is 0 Å². The van der Waals surface area contributed by atoms with Crippen molar-refractivity contribution in [2.45, 2.75) is 22.7 Å². The van der Waals surface area contributed by atoms with Gasteiger partial charge in [-0.15, -0.1) is 0 Å². The fourth-order valence-electron chi connectivity index (χ4n) is 2.08. The lowest BCUT2D eigenvalue weighted by Crippen LogP contribution is -2.33. The maximum atomic E-state index is 11.5. The minimum atomic E-state index is -0.286. The second kappa shape index (κ2) is 15.6. The molecule has 0 heterocycles. The topological polar surface area (TPSA) is 67.4 Å². The van der Waals surface area contributed by atoms with E-state index in [4.69, 9.17) is 4.74 Å². The van der Waals surface area contributed by atoms with Crippen LogP contribution in [0.3, 0.4) is 0 Å². The summed E-state index contributed by atoms with van der Waals surface area (Å²) in [5, 5.41) is 6.27. The lowest BCUT2D eigenvalue weighted by Gasteiger charge is -2.09. The van der Waals surface area contributed by atoms with Crippen molar-refractivity contribution < 1.29 is 14.3 Å². The zero-order valence-corrected chi connectivity index (χ0v) is 20.9. The molecule has 0 bridgehead atoms. The van der Waals surface area contributed by atoms with Gasteiger partial charge in [-0.1, -0.05) is 108 Å². The molecule has 0 saturated heterocycles. The summed E-state index contributed by atoms with van der Waals surface area (Å²) in [6.45, 7) is 1.50. The van der Waals surface area contributed by atoms with Crippen molar-refractivity contribution in [3.05, 3.63) is 71.8 Å². The van der Waals surface area contributed by atoms with Gasteiger partial charge in [-0.25, -0.2) is 0 Å². The van der Waals surface area contributed by atoms with Gasteiger partial charge in [-0.05, 0) is 11.1 Å². The van der Waals surface area contributed by atoms with Crippen LogP contribution in [0.1, 0.15) is 11.1 Å². The van der Waals surface area contributed by atoms with E-state index in [1.165, 1.54) is 0 Å². The predicted octanol–water partition coefficient (Wildman–Crippen LogP) is 4.17. The number of ether oxygens (including phenoxy) is 1. The van der Waals surface area contributed by atoms with Crippen LogP contribution in [-0.4, -0.2) is 40.5 Å². The quantitative estimate of drug-likeness (QED) is 0.430. The standard InChI is InChI=1S/C11H14BrNO2.C10H11Br2NO/c1-15-8-10(12)11(14)13-7-9-5-3-2-4-6-9;11-6-9(12)10(14)13-7-8-4-2-1-3-5-8/h2-6,10H,7-8H2,1H3,(H,13,14);1-5,9H,6-7H2,(H,13,14). The highest BCUT2D eigenvalue weighted by Crippen LogP contribution is 2.04. The third kappa shape index (κ3) is 11.5. The molecule has 0 aliphatic carbocycles. The van der Waals surface area contributed by atoms with Gasteiger partial charge >= 0.3 is 0 Å². The highest BCUT2D eigenvalue weighted by molar-refractivity contribution is 9.12. The van der Waals surface area contributed by atoms with E-state index in [0.717, 1.165) is 11.1 Å². The summed E-state index contributed by atoms with van der Waals surface area (Å²) >= 11 is 9.73. The summed E-state index contributed by atoms with van der Waals surface area (Å²) in [6, 6.07) is 19.6. The molecule has 2 aromatic carbocycles. The second-order valence-corrected chi connectivity index (χ2v) is 8.81. The van der Waals surface area contributed by atoms with E-state index in [0.29, 0.717) is 25.0 Å². The predicted molar refractivity (Wildman–Crippen MR) is 128 cm³/mol. The minimum absolute atomic E-state index is 0.00530. The van der Waals surface area contributed by atoms with Crippen molar-refractivity contribution >= 4 is 59.6 Å². The number of hydrogen-bond donors (Lipinski definition) is 2. The van der Waals surface area contributed by atoms with Crippen molar-refractivity contribution in [3.8, 4) is 0 Å². The number of carbonyl (C=O) groups excluding carboxylic acids is 2. The first-order valence-electron chi connectivity index (χ1n) is 8.94. The number of amides is 2. The molecular formula is C21H25Br3N2O3. The fraction of sp³-hybridized carbons (Fsp3) is 0.333. The molecule has 2 N–H and O–H groups in total. The van der Waals surface area contributed by atoms with Gasteiger partial charge in [0.1, 0.15) is 9.65 Å². The number of benzene rings is 2. The van der Waals surface area contributed by atoms with Crippen molar-refractivity contribution in [1.82, 2.24) is 10.6 Å². The van der Waals surface area contributed by atoms with Gasteiger partial charge in [0.15, 0.2) is 0 Å². The Kier molecular flexibility index (Phi) is 13.9. The fourth-order valence-corrected chi connectivity index (χ4v) is 2.97. The molecule has 2 aromatic rings. The van der Waals surface area contributed by atoms with Crippen LogP contribution in [0, 0.1) is 0 Å². The van der Waals surface area contributed by atoms with Crippen LogP contribution in [0.4, 0.5) is 0 Å². The van der Waals surface area contributed by atoms with Crippen LogP contribution >= 0.6 is 47.8 Å². The summed E-state index contributed by atoms with van der Waals surface area (Å²) in [5.41, 5.74) is 2.19. The minimum Gasteiger partial charge on any atom is -0.383 e. The molecule has 2 unspecified atom stereocenters. The van der Waals surface area contributed by atoms with E-state index in [9.17, 15) is 9.59 Å². The molecule has 158 valence electrons. The van der Waals surface area contributed by atoms with Crippen LogP contribution in [0.2, 0.25) is 0 Å². The van der Waals surface area contributed by atoms with Gasteiger partial charge in [0.2, 0.25) is 11.8 Å². The van der Waals surface area contributed by atoms with Crippen LogP contribution in [0.15, 0.2) is 60.7 Å².